The number of hydrogen-bond acceptors (Lipinski definition) is 6. The number of carbonyl (C=O) groups excluding carboxylic acids is 2. The average Bonchev–Trinajstić information content (AvgIpc) is 2.77. The van der Waals surface area contributed by atoms with E-state index in [9.17, 15) is 9.59 Å². The topological polar surface area (TPSA) is 55.8 Å². The van der Waals surface area contributed by atoms with Crippen molar-refractivity contribution >= 4 is 23.7 Å². The van der Waals surface area contributed by atoms with Crippen LogP contribution in [0, 0.1) is 5.92 Å². The largest absolute Gasteiger partial charge is 0.460 e. The molecule has 5 nitrogen and oxygen atoms in total. The Morgan fingerprint density at radius 3 is 2.30 bits per heavy atom. The molecule has 2 aromatic rings. The Morgan fingerprint density at radius 2 is 1.70 bits per heavy atom. The van der Waals surface area contributed by atoms with Crippen molar-refractivity contribution in [2.75, 3.05) is 20.1 Å². The molecule has 3 unspecified atom stereocenters. The van der Waals surface area contributed by atoms with Crippen molar-refractivity contribution < 1.29 is 19.1 Å². The zero-order valence-corrected chi connectivity index (χ0v) is 20.8. The lowest BCUT2D eigenvalue weighted by Gasteiger charge is -2.32. The van der Waals surface area contributed by atoms with Crippen LogP contribution in [0.15, 0.2) is 65.6 Å². The summed E-state index contributed by atoms with van der Waals surface area (Å²) < 4.78 is 11.8. The number of nitrogens with zero attached hydrogens (tertiary/aromatic N) is 1. The number of piperidine rings is 1. The van der Waals surface area contributed by atoms with Crippen LogP contribution in [-0.4, -0.2) is 48.0 Å². The van der Waals surface area contributed by atoms with Gasteiger partial charge in [0.05, 0.1) is 12.3 Å². The maximum absolute atomic E-state index is 13.2. The third-order valence-electron chi connectivity index (χ3n) is 5.55. The molecule has 178 valence electrons. The van der Waals surface area contributed by atoms with E-state index in [0.29, 0.717) is 6.54 Å². The molecule has 3 atom stereocenters. The van der Waals surface area contributed by atoms with Crippen molar-refractivity contribution in [2.24, 2.45) is 5.92 Å². The first kappa shape index (κ1) is 25.3. The van der Waals surface area contributed by atoms with E-state index in [0.717, 1.165) is 29.8 Å². The first-order valence-corrected chi connectivity index (χ1v) is 12.5. The molecule has 1 aliphatic rings. The van der Waals surface area contributed by atoms with E-state index in [1.807, 2.05) is 88.5 Å². The van der Waals surface area contributed by atoms with Crippen LogP contribution in [-0.2, 0) is 19.1 Å². The van der Waals surface area contributed by atoms with Crippen molar-refractivity contribution in [3.63, 3.8) is 0 Å². The molecule has 1 aliphatic heterocycles. The first-order chi connectivity index (χ1) is 15.7. The molecular formula is C27H35NO4S. The summed E-state index contributed by atoms with van der Waals surface area (Å²) in [7, 11) is 2.03. The molecule has 6 heteroatoms. The van der Waals surface area contributed by atoms with Crippen molar-refractivity contribution in [3.05, 3.63) is 66.2 Å². The second kappa shape index (κ2) is 11.7. The van der Waals surface area contributed by atoms with Crippen LogP contribution in [0.5, 0.6) is 0 Å². The highest BCUT2D eigenvalue weighted by atomic mass is 32.2. The van der Waals surface area contributed by atoms with Crippen LogP contribution in [0.1, 0.15) is 51.5 Å². The van der Waals surface area contributed by atoms with Gasteiger partial charge in [0.2, 0.25) is 0 Å². The van der Waals surface area contributed by atoms with Crippen molar-refractivity contribution in [1.82, 2.24) is 4.90 Å². The number of ether oxygens (including phenoxy) is 2. The fraction of sp³-hybridized carbons (Fsp3) is 0.481. The Morgan fingerprint density at radius 1 is 1.06 bits per heavy atom. The standard InChI is InChI=1S/C27H35NO4S/c1-27(2,3)32-24(29)18-23(20-12-7-5-8-13-20)26(33-22-15-9-6-10-16-22)31-25(30)21-14-11-17-28(4)19-21/h5-10,12-13,15-16,21,23,26H,11,14,17-19H2,1-4H3. The van der Waals surface area contributed by atoms with Gasteiger partial charge >= 0.3 is 11.9 Å². The quantitative estimate of drug-likeness (QED) is 0.289. The van der Waals surface area contributed by atoms with Crippen LogP contribution in [0.25, 0.3) is 0 Å². The van der Waals surface area contributed by atoms with Gasteiger partial charge in [0.25, 0.3) is 0 Å². The summed E-state index contributed by atoms with van der Waals surface area (Å²) in [5, 5.41) is 0. The monoisotopic (exact) mass is 469 g/mol. The molecule has 0 radical (unpaired) electrons. The maximum atomic E-state index is 13.2. The zero-order chi connectivity index (χ0) is 23.8. The molecule has 1 saturated heterocycles. The number of rotatable bonds is 8. The fourth-order valence-electron chi connectivity index (χ4n) is 4.03. The molecule has 0 amide bonds. The van der Waals surface area contributed by atoms with E-state index in [1.165, 1.54) is 11.8 Å². The van der Waals surface area contributed by atoms with Gasteiger partial charge in [-0.05, 0) is 64.9 Å². The smallest absolute Gasteiger partial charge is 0.311 e. The lowest BCUT2D eigenvalue weighted by Crippen LogP contribution is -2.38. The number of likely N-dealkylation sites (tertiary alicyclic amines) is 1. The predicted octanol–water partition coefficient (Wildman–Crippen LogP) is 5.51. The molecule has 0 N–H and O–H groups in total. The molecule has 0 aromatic heterocycles. The van der Waals surface area contributed by atoms with Crippen LogP contribution < -0.4 is 0 Å². The van der Waals surface area contributed by atoms with E-state index < -0.39 is 11.0 Å². The van der Waals surface area contributed by atoms with E-state index in [2.05, 4.69) is 4.90 Å². The Hall–Kier alpha value is -2.31. The number of esters is 2. The molecule has 0 spiro atoms. The van der Waals surface area contributed by atoms with E-state index in [4.69, 9.17) is 9.47 Å². The number of benzene rings is 2. The third kappa shape index (κ3) is 8.20. The van der Waals surface area contributed by atoms with Gasteiger partial charge in [-0.25, -0.2) is 0 Å². The molecular weight excluding hydrogens is 434 g/mol. The van der Waals surface area contributed by atoms with Gasteiger partial charge in [0, 0.05) is 17.4 Å². The molecule has 0 bridgehead atoms. The number of thioether (sulfide) groups is 1. The van der Waals surface area contributed by atoms with Crippen LogP contribution >= 0.6 is 11.8 Å². The highest BCUT2D eigenvalue weighted by molar-refractivity contribution is 7.99. The molecule has 3 rings (SSSR count). The van der Waals surface area contributed by atoms with Crippen LogP contribution in [0.2, 0.25) is 0 Å². The van der Waals surface area contributed by atoms with Crippen molar-refractivity contribution in [3.8, 4) is 0 Å². The molecule has 33 heavy (non-hydrogen) atoms. The molecule has 0 aliphatic carbocycles. The van der Waals surface area contributed by atoms with Gasteiger partial charge in [-0.15, -0.1) is 0 Å². The Kier molecular flexibility index (Phi) is 8.98. The normalized spacial score (nSPS) is 18.8. The summed E-state index contributed by atoms with van der Waals surface area (Å²) in [6, 6.07) is 19.7. The van der Waals surface area contributed by atoms with Gasteiger partial charge in [-0.2, -0.15) is 0 Å². The number of carbonyl (C=O) groups is 2. The van der Waals surface area contributed by atoms with E-state index in [-0.39, 0.29) is 30.2 Å². The predicted molar refractivity (Wildman–Crippen MR) is 132 cm³/mol. The summed E-state index contributed by atoms with van der Waals surface area (Å²) >= 11 is 1.48. The number of hydrogen-bond donors (Lipinski definition) is 0. The summed E-state index contributed by atoms with van der Waals surface area (Å²) in [4.78, 5) is 29.2. The zero-order valence-electron chi connectivity index (χ0n) is 20.0. The summed E-state index contributed by atoms with van der Waals surface area (Å²) in [5.41, 5.74) is -0.184. The Balaban J connectivity index is 1.88. The summed E-state index contributed by atoms with van der Waals surface area (Å²) in [6.07, 6.45) is 1.93. The highest BCUT2D eigenvalue weighted by Crippen LogP contribution is 2.38. The van der Waals surface area contributed by atoms with Crippen LogP contribution in [0.3, 0.4) is 0 Å². The molecule has 1 fully saturated rings. The lowest BCUT2D eigenvalue weighted by molar-refractivity contribution is -0.159. The summed E-state index contributed by atoms with van der Waals surface area (Å²) in [6.45, 7) is 7.27. The summed E-state index contributed by atoms with van der Waals surface area (Å²) in [5.74, 6) is -0.985. The van der Waals surface area contributed by atoms with Crippen molar-refractivity contribution in [2.45, 2.75) is 61.9 Å². The molecule has 2 aromatic carbocycles. The Labute approximate surface area is 201 Å². The first-order valence-electron chi connectivity index (χ1n) is 11.6. The van der Waals surface area contributed by atoms with Gasteiger partial charge in [0.15, 0.2) is 5.44 Å². The fourth-order valence-corrected chi connectivity index (χ4v) is 5.17. The molecule has 1 heterocycles. The minimum absolute atomic E-state index is 0.129. The van der Waals surface area contributed by atoms with Gasteiger partial charge in [0.1, 0.15) is 5.60 Å². The minimum Gasteiger partial charge on any atom is -0.460 e. The SMILES string of the molecule is CN1CCCC(C(=O)OC(Sc2ccccc2)C(CC(=O)OC(C)(C)C)c2ccccc2)C1. The van der Waals surface area contributed by atoms with Gasteiger partial charge < -0.3 is 14.4 Å². The van der Waals surface area contributed by atoms with Crippen molar-refractivity contribution in [1.29, 1.82) is 0 Å². The molecule has 0 saturated carbocycles. The Bertz CT molecular complexity index is 897. The average molecular weight is 470 g/mol. The lowest BCUT2D eigenvalue weighted by atomic mass is 9.95. The second-order valence-corrected chi connectivity index (χ2v) is 10.8. The van der Waals surface area contributed by atoms with E-state index in [1.54, 1.807) is 0 Å². The second-order valence-electron chi connectivity index (χ2n) is 9.65. The van der Waals surface area contributed by atoms with Gasteiger partial charge in [-0.3, -0.25) is 9.59 Å². The minimum atomic E-state index is -0.580. The third-order valence-corrected chi connectivity index (χ3v) is 6.75. The van der Waals surface area contributed by atoms with E-state index >= 15 is 0 Å². The highest BCUT2D eigenvalue weighted by Gasteiger charge is 2.34. The maximum Gasteiger partial charge on any atom is 0.311 e. The van der Waals surface area contributed by atoms with Gasteiger partial charge in [-0.1, -0.05) is 60.3 Å². The van der Waals surface area contributed by atoms with Crippen LogP contribution in [0.4, 0.5) is 0 Å².